The molecule has 40 heavy (non-hydrogen) atoms. The van der Waals surface area contributed by atoms with E-state index >= 15 is 0 Å². The van der Waals surface area contributed by atoms with Crippen molar-refractivity contribution in [3.63, 3.8) is 0 Å². The lowest BCUT2D eigenvalue weighted by Crippen LogP contribution is -2.45. The fourth-order valence-corrected chi connectivity index (χ4v) is 8.97. The van der Waals surface area contributed by atoms with Gasteiger partial charge in [0, 0.05) is 29.5 Å². The van der Waals surface area contributed by atoms with Crippen molar-refractivity contribution in [1.82, 2.24) is 10.1 Å². The first-order valence-corrected chi connectivity index (χ1v) is 15.9. The molecule has 2 aromatic heterocycles. The van der Waals surface area contributed by atoms with Crippen LogP contribution < -0.4 is 9.64 Å². The molecule has 3 aromatic rings. The van der Waals surface area contributed by atoms with E-state index in [-0.39, 0.29) is 11.7 Å². The maximum Gasteiger partial charge on any atom is 0.335 e. The number of fused-ring (bicyclic) bond motifs is 3. The zero-order valence-corrected chi connectivity index (χ0v) is 23.9. The number of carboxylic acids is 1. The van der Waals surface area contributed by atoms with Gasteiger partial charge in [0.15, 0.2) is 5.13 Å². The summed E-state index contributed by atoms with van der Waals surface area (Å²) in [7, 11) is 1.57. The number of nitrogens with zero attached hydrogens (tertiary/aromatic N) is 3. The summed E-state index contributed by atoms with van der Waals surface area (Å²) in [4.78, 5) is 19.0. The molecule has 2 saturated heterocycles. The Labute approximate surface area is 238 Å². The first-order chi connectivity index (χ1) is 19.5. The molecule has 8 rings (SSSR count). The summed E-state index contributed by atoms with van der Waals surface area (Å²) >= 11 is 1.57. The number of carboxylic acid groups (broad SMARTS) is 1. The highest BCUT2D eigenvalue weighted by atomic mass is 32.1. The monoisotopic (exact) mass is 563 g/mol. The van der Waals surface area contributed by atoms with E-state index in [0.717, 1.165) is 46.8 Å². The van der Waals surface area contributed by atoms with Gasteiger partial charge in [0.2, 0.25) is 0 Å². The van der Waals surface area contributed by atoms with Crippen LogP contribution in [0.1, 0.15) is 116 Å². The lowest BCUT2D eigenvalue weighted by molar-refractivity contribution is 0.0140. The second kappa shape index (κ2) is 9.44. The van der Waals surface area contributed by atoms with Gasteiger partial charge in [-0.3, -0.25) is 0 Å². The van der Waals surface area contributed by atoms with Crippen LogP contribution in [0.4, 0.5) is 5.13 Å². The number of aromatic carboxylic acids is 1. The molecule has 5 aliphatic rings. The summed E-state index contributed by atoms with van der Waals surface area (Å²) in [5.41, 5.74) is 4.11. The third kappa shape index (κ3) is 4.31. The van der Waals surface area contributed by atoms with Crippen LogP contribution in [0.3, 0.4) is 0 Å². The van der Waals surface area contributed by atoms with E-state index in [2.05, 4.69) is 10.1 Å². The SMILES string of the molecule is COc1cc(C(=O)O)cc2sc(N3[C@@H]4CC[C@H]3CC(OCc3c(C5CCC6(CC5)CC6)noc3C3CC3)C4)nc12. The topological polar surface area (TPSA) is 97.9 Å². The van der Waals surface area contributed by atoms with Crippen molar-refractivity contribution in [2.24, 2.45) is 5.41 Å². The molecule has 3 saturated carbocycles. The van der Waals surface area contributed by atoms with Crippen LogP contribution >= 0.6 is 11.3 Å². The first-order valence-electron chi connectivity index (χ1n) is 15.1. The smallest absolute Gasteiger partial charge is 0.335 e. The number of piperidine rings is 1. The molecule has 2 aliphatic heterocycles. The number of anilines is 1. The predicted octanol–water partition coefficient (Wildman–Crippen LogP) is 7.02. The Balaban J connectivity index is 0.982. The third-order valence-electron chi connectivity index (χ3n) is 10.5. The lowest BCUT2D eigenvalue weighted by atomic mass is 9.77. The van der Waals surface area contributed by atoms with Crippen LogP contribution in [-0.4, -0.2) is 46.5 Å². The van der Waals surface area contributed by atoms with Crippen LogP contribution in [0, 0.1) is 5.41 Å². The highest BCUT2D eigenvalue weighted by Gasteiger charge is 2.47. The molecule has 0 amide bonds. The van der Waals surface area contributed by atoms with Gasteiger partial charge in [0.25, 0.3) is 0 Å². The van der Waals surface area contributed by atoms with E-state index in [9.17, 15) is 9.90 Å². The molecule has 212 valence electrons. The molecule has 1 spiro atoms. The van der Waals surface area contributed by atoms with Gasteiger partial charge in [-0.2, -0.15) is 0 Å². The van der Waals surface area contributed by atoms with Crippen molar-refractivity contribution in [1.29, 1.82) is 0 Å². The average Bonchev–Trinajstić information content (AvgIpc) is 3.83. The van der Waals surface area contributed by atoms with E-state index in [1.54, 1.807) is 30.6 Å². The van der Waals surface area contributed by atoms with Crippen LogP contribution in [0.2, 0.25) is 0 Å². The third-order valence-corrected chi connectivity index (χ3v) is 11.5. The molecule has 1 unspecified atom stereocenters. The Hall–Kier alpha value is -2.65. The van der Waals surface area contributed by atoms with Crippen molar-refractivity contribution >= 4 is 32.7 Å². The fourth-order valence-electron chi connectivity index (χ4n) is 7.80. The number of carbonyl (C=O) groups is 1. The second-order valence-electron chi connectivity index (χ2n) is 13.0. The van der Waals surface area contributed by atoms with Crippen LogP contribution in [0.5, 0.6) is 5.75 Å². The molecule has 1 N–H and O–H groups in total. The second-order valence-corrected chi connectivity index (χ2v) is 14.0. The van der Waals surface area contributed by atoms with E-state index in [1.165, 1.54) is 62.6 Å². The molecule has 5 fully saturated rings. The van der Waals surface area contributed by atoms with Crippen molar-refractivity contribution in [3.05, 3.63) is 34.7 Å². The van der Waals surface area contributed by atoms with Gasteiger partial charge in [-0.1, -0.05) is 16.5 Å². The van der Waals surface area contributed by atoms with Crippen LogP contribution in [0.15, 0.2) is 16.7 Å². The van der Waals surface area contributed by atoms with Gasteiger partial charge in [-0.05, 0) is 94.6 Å². The highest BCUT2D eigenvalue weighted by Crippen LogP contribution is 2.59. The Morgan fingerprint density at radius 2 is 1.82 bits per heavy atom. The minimum absolute atomic E-state index is 0.215. The molecule has 3 aliphatic carbocycles. The normalized spacial score (nSPS) is 27.5. The fraction of sp³-hybridized carbons (Fsp3) is 0.645. The van der Waals surface area contributed by atoms with Gasteiger partial charge in [-0.25, -0.2) is 9.78 Å². The molecule has 3 atom stereocenters. The molecule has 9 heteroatoms. The van der Waals surface area contributed by atoms with Gasteiger partial charge < -0.3 is 24.0 Å². The van der Waals surface area contributed by atoms with E-state index < -0.39 is 5.97 Å². The molecule has 1 aromatic carbocycles. The molecular formula is C31H37N3O5S. The zero-order chi connectivity index (χ0) is 27.0. The number of methoxy groups -OCH3 is 1. The largest absolute Gasteiger partial charge is 0.494 e. The average molecular weight is 564 g/mol. The number of hydrogen-bond acceptors (Lipinski definition) is 8. The van der Waals surface area contributed by atoms with E-state index in [0.29, 0.717) is 41.7 Å². The zero-order valence-electron chi connectivity index (χ0n) is 23.1. The summed E-state index contributed by atoms with van der Waals surface area (Å²) < 4.78 is 19.0. The number of ether oxygens (including phenoxy) is 2. The Kier molecular flexibility index (Phi) is 5.92. The summed E-state index contributed by atoms with van der Waals surface area (Å²) in [6.45, 7) is 0.618. The first kappa shape index (κ1) is 25.1. The highest BCUT2D eigenvalue weighted by molar-refractivity contribution is 7.22. The number of thiazole rings is 1. The van der Waals surface area contributed by atoms with Gasteiger partial charge in [0.1, 0.15) is 17.0 Å². The van der Waals surface area contributed by atoms with Gasteiger partial charge >= 0.3 is 5.97 Å². The maximum atomic E-state index is 11.6. The van der Waals surface area contributed by atoms with Crippen molar-refractivity contribution in [2.45, 2.75) is 114 Å². The van der Waals surface area contributed by atoms with Crippen molar-refractivity contribution < 1.29 is 23.9 Å². The summed E-state index contributed by atoms with van der Waals surface area (Å²) in [6, 6.07) is 4.04. The van der Waals surface area contributed by atoms with Crippen molar-refractivity contribution in [2.75, 3.05) is 12.0 Å². The molecule has 2 bridgehead atoms. The molecular weight excluding hydrogens is 526 g/mol. The number of benzene rings is 1. The summed E-state index contributed by atoms with van der Waals surface area (Å²) in [5, 5.41) is 15.1. The molecule has 8 nitrogen and oxygen atoms in total. The Bertz CT molecular complexity index is 1430. The number of hydrogen-bond donors (Lipinski definition) is 1. The molecule has 4 heterocycles. The lowest BCUT2D eigenvalue weighted by Gasteiger charge is -2.38. The minimum atomic E-state index is -0.954. The van der Waals surface area contributed by atoms with Crippen molar-refractivity contribution in [3.8, 4) is 5.75 Å². The standard InChI is InChI=1S/C31H37N3O5S/c1-37-24-12-19(29(35)36)13-25-27(24)32-30(40-25)34-20-4-5-21(34)15-22(14-20)38-16-23-26(33-39-28(23)18-2-3-18)17-6-8-31(9-7-17)10-11-31/h12-13,17-18,20-22H,2-11,14-16H2,1H3,(H,35,36)/t20-,21+,22?. The van der Waals surface area contributed by atoms with Crippen LogP contribution in [-0.2, 0) is 11.3 Å². The quantitative estimate of drug-likeness (QED) is 0.312. The van der Waals surface area contributed by atoms with E-state index in [4.69, 9.17) is 19.0 Å². The minimum Gasteiger partial charge on any atom is -0.494 e. The maximum absolute atomic E-state index is 11.6. The summed E-state index contributed by atoms with van der Waals surface area (Å²) in [5.74, 6) is 1.73. The predicted molar refractivity (Wildman–Crippen MR) is 152 cm³/mol. The van der Waals surface area contributed by atoms with Gasteiger partial charge in [-0.15, -0.1) is 0 Å². The summed E-state index contributed by atoms with van der Waals surface area (Å²) in [6.07, 6.45) is 14.9. The van der Waals surface area contributed by atoms with Gasteiger partial charge in [0.05, 0.1) is 35.8 Å². The Morgan fingerprint density at radius 3 is 2.48 bits per heavy atom. The number of rotatable bonds is 8. The van der Waals surface area contributed by atoms with E-state index in [1.807, 2.05) is 0 Å². The van der Waals surface area contributed by atoms with Crippen LogP contribution in [0.25, 0.3) is 10.2 Å². The Morgan fingerprint density at radius 1 is 1.07 bits per heavy atom. The number of aromatic nitrogens is 2. The molecule has 0 radical (unpaired) electrons.